The predicted molar refractivity (Wildman–Crippen MR) is 101 cm³/mol. The van der Waals surface area contributed by atoms with Crippen LogP contribution in [0.25, 0.3) is 22.2 Å². The highest BCUT2D eigenvalue weighted by Gasteiger charge is 2.39. The van der Waals surface area contributed by atoms with Crippen LogP contribution >= 0.6 is 0 Å². The van der Waals surface area contributed by atoms with Crippen molar-refractivity contribution < 1.29 is 27.4 Å². The summed E-state index contributed by atoms with van der Waals surface area (Å²) < 4.78 is 51.7. The number of amides is 1. The molecule has 1 aliphatic rings. The molecule has 29 heavy (non-hydrogen) atoms. The number of rotatable bonds is 6. The summed E-state index contributed by atoms with van der Waals surface area (Å²) >= 11 is 0. The number of H-pyrrole nitrogens is 1. The number of carbonyl (C=O) groups is 1. The third-order valence-electron chi connectivity index (χ3n) is 4.99. The van der Waals surface area contributed by atoms with E-state index in [1.165, 1.54) is 18.2 Å². The van der Waals surface area contributed by atoms with Gasteiger partial charge in [0.15, 0.2) is 0 Å². The first-order valence-electron chi connectivity index (χ1n) is 9.18. The molecule has 2 atom stereocenters. The first kappa shape index (κ1) is 19.3. The van der Waals surface area contributed by atoms with E-state index in [0.717, 1.165) is 12.5 Å². The SMILES string of the molecule is COC1CC1NC(=O)OCCc1c(-c2ccc(F)cc2)[nH]c2c(F)cc(F)cc12. The lowest BCUT2D eigenvalue weighted by Gasteiger charge is -2.08. The molecule has 0 bridgehead atoms. The average Bonchev–Trinajstić information content (AvgIpc) is 3.34. The number of hydrogen-bond donors (Lipinski definition) is 2. The summed E-state index contributed by atoms with van der Waals surface area (Å²) in [6.07, 6.45) is 0.394. The van der Waals surface area contributed by atoms with E-state index in [1.807, 2.05) is 0 Å². The Morgan fingerprint density at radius 2 is 1.93 bits per heavy atom. The highest BCUT2D eigenvalue weighted by molar-refractivity contribution is 5.91. The molecule has 0 saturated heterocycles. The average molecular weight is 404 g/mol. The molecule has 1 heterocycles. The lowest BCUT2D eigenvalue weighted by atomic mass is 10.0. The molecule has 0 radical (unpaired) electrons. The van der Waals surface area contributed by atoms with Crippen molar-refractivity contribution in [3.05, 3.63) is 59.4 Å². The van der Waals surface area contributed by atoms with Crippen molar-refractivity contribution in [3.63, 3.8) is 0 Å². The number of carbonyl (C=O) groups excluding carboxylic acids is 1. The van der Waals surface area contributed by atoms with Crippen LogP contribution in [-0.4, -0.2) is 36.9 Å². The van der Waals surface area contributed by atoms with Crippen LogP contribution in [0, 0.1) is 17.5 Å². The maximum Gasteiger partial charge on any atom is 0.407 e. The number of methoxy groups -OCH3 is 1. The van der Waals surface area contributed by atoms with Gasteiger partial charge in [0.2, 0.25) is 0 Å². The third-order valence-corrected chi connectivity index (χ3v) is 4.99. The van der Waals surface area contributed by atoms with Crippen LogP contribution in [0.15, 0.2) is 36.4 Å². The van der Waals surface area contributed by atoms with E-state index in [9.17, 15) is 18.0 Å². The fourth-order valence-corrected chi connectivity index (χ4v) is 3.42. The van der Waals surface area contributed by atoms with Crippen LogP contribution in [0.1, 0.15) is 12.0 Å². The van der Waals surface area contributed by atoms with Gasteiger partial charge in [-0.05, 0) is 47.9 Å². The van der Waals surface area contributed by atoms with E-state index in [0.29, 0.717) is 22.2 Å². The summed E-state index contributed by atoms with van der Waals surface area (Å²) in [5.41, 5.74) is 1.86. The van der Waals surface area contributed by atoms with Gasteiger partial charge in [0.1, 0.15) is 17.5 Å². The van der Waals surface area contributed by atoms with Crippen molar-refractivity contribution >= 4 is 17.0 Å². The van der Waals surface area contributed by atoms with E-state index in [-0.39, 0.29) is 30.7 Å². The van der Waals surface area contributed by atoms with Gasteiger partial charge in [0, 0.05) is 30.7 Å². The van der Waals surface area contributed by atoms with Gasteiger partial charge >= 0.3 is 6.09 Å². The maximum atomic E-state index is 14.3. The van der Waals surface area contributed by atoms with Crippen LogP contribution in [0.3, 0.4) is 0 Å². The lowest BCUT2D eigenvalue weighted by molar-refractivity contribution is 0.138. The minimum atomic E-state index is -0.729. The minimum absolute atomic E-state index is 0.00666. The van der Waals surface area contributed by atoms with Gasteiger partial charge in [-0.3, -0.25) is 0 Å². The molecule has 8 heteroatoms. The van der Waals surface area contributed by atoms with Crippen LogP contribution in [0.4, 0.5) is 18.0 Å². The van der Waals surface area contributed by atoms with E-state index < -0.39 is 23.5 Å². The number of aromatic amines is 1. The second-order valence-corrected chi connectivity index (χ2v) is 6.94. The zero-order valence-electron chi connectivity index (χ0n) is 15.6. The number of alkyl carbamates (subject to hydrolysis) is 1. The van der Waals surface area contributed by atoms with Crippen LogP contribution in [-0.2, 0) is 15.9 Å². The number of aromatic nitrogens is 1. The monoisotopic (exact) mass is 404 g/mol. The summed E-state index contributed by atoms with van der Waals surface area (Å²) in [6.45, 7) is 0.00941. The predicted octanol–water partition coefficient (Wildman–Crippen LogP) is 4.31. The minimum Gasteiger partial charge on any atom is -0.449 e. The summed E-state index contributed by atoms with van der Waals surface area (Å²) in [4.78, 5) is 14.8. The molecular weight excluding hydrogens is 385 g/mol. The van der Waals surface area contributed by atoms with E-state index in [4.69, 9.17) is 9.47 Å². The van der Waals surface area contributed by atoms with Gasteiger partial charge in [-0.2, -0.15) is 0 Å². The molecule has 5 nitrogen and oxygen atoms in total. The van der Waals surface area contributed by atoms with E-state index in [2.05, 4.69) is 10.3 Å². The smallest absolute Gasteiger partial charge is 0.407 e. The molecule has 2 unspecified atom stereocenters. The highest BCUT2D eigenvalue weighted by Crippen LogP contribution is 2.33. The molecule has 3 aromatic rings. The summed E-state index contributed by atoms with van der Waals surface area (Å²) in [7, 11) is 1.57. The first-order chi connectivity index (χ1) is 14.0. The molecule has 1 aliphatic carbocycles. The largest absolute Gasteiger partial charge is 0.449 e. The number of ether oxygens (including phenoxy) is 2. The molecule has 0 aliphatic heterocycles. The normalized spacial score (nSPS) is 18.1. The lowest BCUT2D eigenvalue weighted by Crippen LogP contribution is -2.29. The van der Waals surface area contributed by atoms with Crippen molar-refractivity contribution in [1.29, 1.82) is 0 Å². The Hall–Kier alpha value is -3.00. The second kappa shape index (κ2) is 7.79. The Bertz CT molecular complexity index is 1050. The summed E-state index contributed by atoms with van der Waals surface area (Å²) in [5.74, 6) is -1.84. The summed E-state index contributed by atoms with van der Waals surface area (Å²) in [5, 5.41) is 3.04. The third kappa shape index (κ3) is 4.07. The van der Waals surface area contributed by atoms with Crippen LogP contribution in [0.5, 0.6) is 0 Å². The number of halogens is 3. The zero-order valence-corrected chi connectivity index (χ0v) is 15.6. The van der Waals surface area contributed by atoms with Crippen LogP contribution in [0.2, 0.25) is 0 Å². The fraction of sp³-hybridized carbons (Fsp3) is 0.286. The molecule has 4 rings (SSSR count). The van der Waals surface area contributed by atoms with E-state index >= 15 is 0 Å². The molecule has 1 fully saturated rings. The van der Waals surface area contributed by atoms with Gasteiger partial charge in [-0.25, -0.2) is 18.0 Å². The van der Waals surface area contributed by atoms with Gasteiger partial charge in [0.25, 0.3) is 0 Å². The molecule has 152 valence electrons. The maximum absolute atomic E-state index is 14.3. The second-order valence-electron chi connectivity index (χ2n) is 6.94. The van der Waals surface area contributed by atoms with Gasteiger partial charge in [0.05, 0.1) is 24.3 Å². The molecule has 2 N–H and O–H groups in total. The Kier molecular flexibility index (Phi) is 5.19. The Balaban J connectivity index is 1.57. The quantitative estimate of drug-likeness (QED) is 0.644. The topological polar surface area (TPSA) is 63.4 Å². The molecular formula is C21H19F3N2O3. The number of nitrogens with one attached hydrogen (secondary N) is 2. The van der Waals surface area contributed by atoms with Crippen molar-refractivity contribution in [2.24, 2.45) is 0 Å². The Labute approximate surface area is 164 Å². The number of hydrogen-bond acceptors (Lipinski definition) is 3. The Morgan fingerprint density at radius 1 is 1.17 bits per heavy atom. The van der Waals surface area contributed by atoms with Gasteiger partial charge in [-0.15, -0.1) is 0 Å². The molecule has 0 spiro atoms. The van der Waals surface area contributed by atoms with E-state index in [1.54, 1.807) is 19.2 Å². The van der Waals surface area contributed by atoms with Gasteiger partial charge < -0.3 is 19.8 Å². The zero-order chi connectivity index (χ0) is 20.5. The molecule has 1 amide bonds. The van der Waals surface area contributed by atoms with Crippen molar-refractivity contribution in [3.8, 4) is 11.3 Å². The molecule has 1 saturated carbocycles. The highest BCUT2D eigenvalue weighted by atomic mass is 19.1. The van der Waals surface area contributed by atoms with Crippen molar-refractivity contribution in [1.82, 2.24) is 10.3 Å². The Morgan fingerprint density at radius 3 is 2.62 bits per heavy atom. The first-order valence-corrected chi connectivity index (χ1v) is 9.18. The van der Waals surface area contributed by atoms with Crippen molar-refractivity contribution in [2.45, 2.75) is 25.0 Å². The molecule has 1 aromatic heterocycles. The van der Waals surface area contributed by atoms with Crippen LogP contribution < -0.4 is 5.32 Å². The molecule has 2 aromatic carbocycles. The number of fused-ring (bicyclic) bond motifs is 1. The van der Waals surface area contributed by atoms with Gasteiger partial charge in [-0.1, -0.05) is 0 Å². The number of benzene rings is 2. The standard InChI is InChI=1S/C21H19F3N2O3/c1-28-18-10-17(18)25-21(27)29-7-6-14-15-8-13(23)9-16(24)20(15)26-19(14)11-2-4-12(22)5-3-11/h2-5,8-9,17-18,26H,6-7,10H2,1H3,(H,25,27). The van der Waals surface area contributed by atoms with Crippen molar-refractivity contribution in [2.75, 3.05) is 13.7 Å². The summed E-state index contributed by atoms with van der Waals surface area (Å²) in [6, 6.07) is 7.62. The fourth-order valence-electron chi connectivity index (χ4n) is 3.42.